The molecule has 10 heteroatoms. The molecule has 216 valence electrons. The standard InChI is InChI=1S/C32H31N3O6S/c1-3-26(32(4-2,30(36)37)31(38)39)25-18-35(34-28(25)27-11-8-16-42-27)17-21-12-14-24(15-13-21)40-19-23-20-41-29(33-23)22-9-6-5-7-10-22/h5-16,18,20,26H,3-4,17,19H2,1-2H3,(H,36,37)(H,38,39). The fourth-order valence-electron chi connectivity index (χ4n) is 5.27. The Morgan fingerprint density at radius 1 is 1.02 bits per heavy atom. The Labute approximate surface area is 247 Å². The minimum Gasteiger partial charge on any atom is -0.487 e. The van der Waals surface area contributed by atoms with Crippen LogP contribution in [-0.4, -0.2) is 36.9 Å². The van der Waals surface area contributed by atoms with Crippen LogP contribution in [0, 0.1) is 5.41 Å². The van der Waals surface area contributed by atoms with Crippen molar-refractivity contribution in [1.82, 2.24) is 14.8 Å². The summed E-state index contributed by atoms with van der Waals surface area (Å²) in [6.45, 7) is 4.09. The highest BCUT2D eigenvalue weighted by Crippen LogP contribution is 2.45. The lowest BCUT2D eigenvalue weighted by molar-refractivity contribution is -0.167. The number of aromatic nitrogens is 3. The van der Waals surface area contributed by atoms with Crippen molar-refractivity contribution < 1.29 is 29.0 Å². The fraction of sp³-hybridized carbons (Fsp3) is 0.250. The number of hydrogen-bond donors (Lipinski definition) is 2. The van der Waals surface area contributed by atoms with Gasteiger partial charge in [0.05, 0.1) is 11.4 Å². The van der Waals surface area contributed by atoms with Crippen molar-refractivity contribution in [2.45, 2.75) is 45.8 Å². The molecule has 3 heterocycles. The Kier molecular flexibility index (Phi) is 8.53. The quantitative estimate of drug-likeness (QED) is 0.142. The predicted octanol–water partition coefficient (Wildman–Crippen LogP) is 6.95. The van der Waals surface area contributed by atoms with Crippen molar-refractivity contribution in [3.63, 3.8) is 0 Å². The van der Waals surface area contributed by atoms with E-state index in [0.717, 1.165) is 16.0 Å². The number of carboxylic acids is 2. The third-order valence-electron chi connectivity index (χ3n) is 7.47. The lowest BCUT2D eigenvalue weighted by atomic mass is 9.69. The second kappa shape index (κ2) is 12.4. The van der Waals surface area contributed by atoms with E-state index in [9.17, 15) is 19.8 Å². The van der Waals surface area contributed by atoms with Crippen LogP contribution < -0.4 is 4.74 Å². The molecule has 0 amide bonds. The molecule has 0 saturated heterocycles. The van der Waals surface area contributed by atoms with Crippen molar-refractivity contribution in [3.05, 3.63) is 101 Å². The van der Waals surface area contributed by atoms with Gasteiger partial charge in [0, 0.05) is 23.2 Å². The molecule has 5 rings (SSSR count). The number of thiophene rings is 1. The number of benzene rings is 2. The Balaban J connectivity index is 1.34. The molecule has 1 atom stereocenters. The van der Waals surface area contributed by atoms with Gasteiger partial charge < -0.3 is 19.4 Å². The summed E-state index contributed by atoms with van der Waals surface area (Å²) >= 11 is 1.48. The smallest absolute Gasteiger partial charge is 0.321 e. The maximum atomic E-state index is 12.4. The minimum absolute atomic E-state index is 0.0470. The highest BCUT2D eigenvalue weighted by Gasteiger charge is 2.52. The van der Waals surface area contributed by atoms with Gasteiger partial charge in [0.2, 0.25) is 5.89 Å². The van der Waals surface area contributed by atoms with Crippen molar-refractivity contribution >= 4 is 23.3 Å². The Morgan fingerprint density at radius 3 is 2.38 bits per heavy atom. The molecule has 0 radical (unpaired) electrons. The number of rotatable bonds is 13. The lowest BCUT2D eigenvalue weighted by Gasteiger charge is -2.32. The number of oxazole rings is 1. The third kappa shape index (κ3) is 5.71. The average molecular weight is 586 g/mol. The van der Waals surface area contributed by atoms with Crippen LogP contribution in [0.25, 0.3) is 22.0 Å². The zero-order valence-electron chi connectivity index (χ0n) is 23.3. The normalized spacial score (nSPS) is 12.2. The Bertz CT molecular complexity index is 1630. The van der Waals surface area contributed by atoms with Gasteiger partial charge in [-0.15, -0.1) is 11.3 Å². The van der Waals surface area contributed by atoms with E-state index in [2.05, 4.69) is 4.98 Å². The van der Waals surface area contributed by atoms with E-state index >= 15 is 0 Å². The maximum Gasteiger partial charge on any atom is 0.321 e. The van der Waals surface area contributed by atoms with E-state index in [1.807, 2.05) is 79.0 Å². The first-order valence-electron chi connectivity index (χ1n) is 13.6. The molecule has 2 N–H and O–H groups in total. The fourth-order valence-corrected chi connectivity index (χ4v) is 6.00. The van der Waals surface area contributed by atoms with E-state index in [-0.39, 0.29) is 13.0 Å². The molecule has 0 fully saturated rings. The zero-order valence-corrected chi connectivity index (χ0v) is 24.1. The van der Waals surface area contributed by atoms with Crippen LogP contribution in [-0.2, 0) is 22.7 Å². The minimum atomic E-state index is -1.96. The Hall–Kier alpha value is -4.70. The van der Waals surface area contributed by atoms with E-state index in [0.29, 0.717) is 41.6 Å². The summed E-state index contributed by atoms with van der Waals surface area (Å²) in [5.74, 6) is -2.24. The van der Waals surface area contributed by atoms with Gasteiger partial charge in [-0.25, -0.2) is 4.98 Å². The second-order valence-electron chi connectivity index (χ2n) is 9.95. The van der Waals surface area contributed by atoms with Gasteiger partial charge in [-0.05, 0) is 54.1 Å². The topological polar surface area (TPSA) is 128 Å². The number of carboxylic acid groups (broad SMARTS) is 2. The number of carbonyl (C=O) groups is 2. The van der Waals surface area contributed by atoms with Crippen LogP contribution >= 0.6 is 11.3 Å². The Morgan fingerprint density at radius 2 is 1.76 bits per heavy atom. The lowest BCUT2D eigenvalue weighted by Crippen LogP contribution is -2.44. The van der Waals surface area contributed by atoms with E-state index in [1.165, 1.54) is 11.3 Å². The molecule has 2 aromatic carbocycles. The van der Waals surface area contributed by atoms with E-state index in [1.54, 1.807) is 24.1 Å². The number of aliphatic carboxylic acids is 2. The molecular weight excluding hydrogens is 554 g/mol. The van der Waals surface area contributed by atoms with Crippen molar-refractivity contribution in [3.8, 4) is 27.8 Å². The molecule has 1 unspecified atom stereocenters. The average Bonchev–Trinajstić information content (AvgIpc) is 3.77. The summed E-state index contributed by atoms with van der Waals surface area (Å²) < 4.78 is 13.2. The van der Waals surface area contributed by atoms with Crippen LogP contribution in [0.1, 0.15) is 49.4 Å². The summed E-state index contributed by atoms with van der Waals surface area (Å²) in [5, 5.41) is 26.9. The monoisotopic (exact) mass is 585 g/mol. The van der Waals surface area contributed by atoms with Gasteiger partial charge in [0.15, 0.2) is 5.41 Å². The summed E-state index contributed by atoms with van der Waals surface area (Å²) in [5.41, 5.74) is 1.80. The molecular formula is C32H31N3O6S. The molecule has 0 aliphatic heterocycles. The molecule has 0 spiro atoms. The molecule has 0 saturated carbocycles. The van der Waals surface area contributed by atoms with Gasteiger partial charge in [0.1, 0.15) is 30.0 Å². The first-order chi connectivity index (χ1) is 20.3. The molecule has 42 heavy (non-hydrogen) atoms. The summed E-state index contributed by atoms with van der Waals surface area (Å²) in [4.78, 5) is 30.1. The van der Waals surface area contributed by atoms with Crippen LogP contribution in [0.3, 0.4) is 0 Å². The number of ether oxygens (including phenoxy) is 1. The van der Waals surface area contributed by atoms with Gasteiger partial charge in [-0.3, -0.25) is 14.3 Å². The highest BCUT2D eigenvalue weighted by molar-refractivity contribution is 7.13. The van der Waals surface area contributed by atoms with Gasteiger partial charge in [-0.2, -0.15) is 5.10 Å². The van der Waals surface area contributed by atoms with Crippen LogP contribution in [0.15, 0.2) is 89.0 Å². The van der Waals surface area contributed by atoms with Crippen LogP contribution in [0.4, 0.5) is 0 Å². The predicted molar refractivity (Wildman–Crippen MR) is 158 cm³/mol. The largest absolute Gasteiger partial charge is 0.487 e. The van der Waals surface area contributed by atoms with Gasteiger partial charge in [0.25, 0.3) is 0 Å². The molecule has 0 bridgehead atoms. The van der Waals surface area contributed by atoms with Gasteiger partial charge >= 0.3 is 11.9 Å². The second-order valence-corrected chi connectivity index (χ2v) is 10.9. The summed E-state index contributed by atoms with van der Waals surface area (Å²) in [6.07, 6.45) is 3.66. The third-order valence-corrected chi connectivity index (χ3v) is 8.35. The summed E-state index contributed by atoms with van der Waals surface area (Å²) in [6, 6.07) is 21.1. The molecule has 5 aromatic rings. The molecule has 9 nitrogen and oxygen atoms in total. The van der Waals surface area contributed by atoms with Crippen molar-refractivity contribution in [2.24, 2.45) is 5.41 Å². The molecule has 0 aliphatic carbocycles. The first kappa shape index (κ1) is 28.8. The summed E-state index contributed by atoms with van der Waals surface area (Å²) in [7, 11) is 0. The van der Waals surface area contributed by atoms with Crippen LogP contribution in [0.5, 0.6) is 5.75 Å². The molecule has 0 aliphatic rings. The van der Waals surface area contributed by atoms with Gasteiger partial charge in [-0.1, -0.05) is 50.2 Å². The van der Waals surface area contributed by atoms with E-state index in [4.69, 9.17) is 14.3 Å². The zero-order chi connectivity index (χ0) is 29.7. The van der Waals surface area contributed by atoms with Crippen molar-refractivity contribution in [1.29, 1.82) is 0 Å². The SMILES string of the molecule is CCC(c1cn(Cc2ccc(OCc3coc(-c4ccccc4)n3)cc2)nc1-c1cccs1)C(CC)(C(=O)O)C(=O)O. The number of hydrogen-bond acceptors (Lipinski definition) is 7. The number of nitrogens with zero attached hydrogens (tertiary/aromatic N) is 3. The van der Waals surface area contributed by atoms with Crippen LogP contribution in [0.2, 0.25) is 0 Å². The van der Waals surface area contributed by atoms with E-state index < -0.39 is 23.3 Å². The first-order valence-corrected chi connectivity index (χ1v) is 14.5. The van der Waals surface area contributed by atoms with Crippen molar-refractivity contribution in [2.75, 3.05) is 0 Å². The highest BCUT2D eigenvalue weighted by atomic mass is 32.1. The molecule has 3 aromatic heterocycles. The maximum absolute atomic E-state index is 12.4.